The molecule has 0 bridgehead atoms. The number of fused-ring (bicyclic) bond motifs is 1. The smallest absolute Gasteiger partial charge is 0.225 e. The minimum Gasteiger partial charge on any atom is -0.427 e. The summed E-state index contributed by atoms with van der Waals surface area (Å²) in [5.74, 6) is 0. The first kappa shape index (κ1) is 49.3. The lowest BCUT2D eigenvalue weighted by molar-refractivity contribution is -0.396. The minimum absolute atomic E-state index is 0.105. The monoisotopic (exact) mass is 934 g/mol. The van der Waals surface area contributed by atoms with E-state index in [0.717, 1.165) is 33.0 Å². The van der Waals surface area contributed by atoms with Crippen molar-refractivity contribution in [2.75, 3.05) is 20.3 Å². The summed E-state index contributed by atoms with van der Waals surface area (Å²) in [4.78, 5) is 12.1. The molecule has 0 aromatic heterocycles. The highest BCUT2D eigenvalue weighted by atomic mass is 28.4. The molecule has 0 amide bonds. The number of aliphatic hydroxyl groups is 1. The summed E-state index contributed by atoms with van der Waals surface area (Å²) in [5, 5.41) is 12.0. The molecule has 0 aliphatic carbocycles. The number of methoxy groups -OCH3 is 1. The molecule has 358 valence electrons. The van der Waals surface area contributed by atoms with Crippen LogP contribution in [0.2, 0.25) is 11.1 Å². The van der Waals surface area contributed by atoms with Crippen LogP contribution in [0.3, 0.4) is 0 Å². The highest BCUT2D eigenvalue weighted by molar-refractivity contribution is 6.87. The first-order valence-electron chi connectivity index (χ1n) is 23.5. The molecule has 0 radical (unpaired) electrons. The van der Waals surface area contributed by atoms with Gasteiger partial charge in [-0.1, -0.05) is 173 Å². The zero-order valence-electron chi connectivity index (χ0n) is 39.1. The van der Waals surface area contributed by atoms with Gasteiger partial charge >= 0.3 is 0 Å². The van der Waals surface area contributed by atoms with Crippen LogP contribution in [0.1, 0.15) is 61.8 Å². The maximum Gasteiger partial charge on any atom is 0.225 e. The van der Waals surface area contributed by atoms with E-state index in [0.29, 0.717) is 0 Å². The Hall–Kier alpha value is -4.16. The summed E-state index contributed by atoms with van der Waals surface area (Å²) in [6.45, 7) is 8.98. The summed E-state index contributed by atoms with van der Waals surface area (Å²) < 4.78 is 67.1. The second-order valence-electron chi connectivity index (χ2n) is 18.2. The Morgan fingerprint density at radius 2 is 1.04 bits per heavy atom. The highest BCUT2D eigenvalue weighted by Gasteiger charge is 2.56. The number of hydrogen-bond acceptors (Lipinski definition) is 12. The van der Waals surface area contributed by atoms with Gasteiger partial charge in [0.15, 0.2) is 18.9 Å². The molecular weight excluding hydrogens is 869 g/mol. The zero-order valence-corrected chi connectivity index (χ0v) is 40.1. The number of benzene rings is 5. The van der Waals surface area contributed by atoms with Gasteiger partial charge in [-0.05, 0) is 38.5 Å². The lowest BCUT2D eigenvalue weighted by Gasteiger charge is -2.51. The average Bonchev–Trinajstić information content (AvgIpc) is 3.37. The van der Waals surface area contributed by atoms with Crippen LogP contribution in [0.5, 0.6) is 0 Å². The molecule has 3 fully saturated rings. The molecule has 0 unspecified atom stereocenters. The van der Waals surface area contributed by atoms with Crippen molar-refractivity contribution in [1.29, 1.82) is 0 Å². The van der Waals surface area contributed by atoms with Crippen molar-refractivity contribution in [2.24, 2.45) is 0 Å². The van der Waals surface area contributed by atoms with E-state index in [2.05, 4.69) is 33.8 Å². The van der Waals surface area contributed by atoms with Crippen molar-refractivity contribution in [3.05, 3.63) is 173 Å². The Labute approximate surface area is 396 Å². The standard InChI is InChI=1S/C54H66O12Si/c1-36(2)67(56,37(3)4)43-28-18-25-41(29-43)34-59-49-47-45(35-62-52(65-47)42-26-16-9-17-27-42)64-54(51(49)61-33-40-23-14-8-15-24-40)66-46-44(30-55)63-53(57-5)50(60-32-39-21-12-7-13-22-39)48(46)58-31-38-19-10-6-11-20-38/h6-29,36-37,44-56H,30-35H2,1-5H3/t44-,45-,46-,47-,48+,49+,50-,51-,52-,53+,54-/m1/s1. The highest BCUT2D eigenvalue weighted by Crippen LogP contribution is 2.40. The van der Waals surface area contributed by atoms with Crippen LogP contribution in [0, 0.1) is 0 Å². The quantitative estimate of drug-likeness (QED) is 0.0737. The van der Waals surface area contributed by atoms with E-state index in [4.69, 9.17) is 47.4 Å². The number of rotatable bonds is 20. The molecule has 3 aliphatic rings. The normalized spacial score (nSPS) is 27.8. The van der Waals surface area contributed by atoms with Gasteiger partial charge in [0.1, 0.15) is 48.8 Å². The predicted octanol–water partition coefficient (Wildman–Crippen LogP) is 7.88. The fourth-order valence-electron chi connectivity index (χ4n) is 9.44. The van der Waals surface area contributed by atoms with Gasteiger partial charge in [-0.15, -0.1) is 0 Å². The maximum absolute atomic E-state index is 12.1. The van der Waals surface area contributed by atoms with Crippen molar-refractivity contribution >= 4 is 13.5 Å². The number of hydrogen-bond donors (Lipinski definition) is 2. The van der Waals surface area contributed by atoms with Gasteiger partial charge in [-0.25, -0.2) is 0 Å². The van der Waals surface area contributed by atoms with Crippen LogP contribution in [0.25, 0.3) is 0 Å². The van der Waals surface area contributed by atoms with Crippen LogP contribution >= 0.6 is 0 Å². The number of ether oxygens (including phenoxy) is 10. The van der Waals surface area contributed by atoms with Crippen molar-refractivity contribution in [1.82, 2.24) is 0 Å². The molecule has 13 heteroatoms. The SMILES string of the molecule is CO[C@H]1O[C@H](CO)[C@@H](O[C@H]2O[C@@H]3CO[C@@H](c4ccccc4)O[C@H]3[C@H](OCc3cccc([Si](O)(C(C)C)C(C)C)c3)[C@H]2OCc2ccccc2)[C@H](OCc2ccccc2)[C@H]1OCc1ccccc1. The summed E-state index contributed by atoms with van der Waals surface area (Å²) in [7, 11) is -1.32. The van der Waals surface area contributed by atoms with Gasteiger partial charge in [0, 0.05) is 12.7 Å². The van der Waals surface area contributed by atoms with Gasteiger partial charge < -0.3 is 57.3 Å². The fourth-order valence-corrected chi connectivity index (χ4v) is 12.9. The Morgan fingerprint density at radius 1 is 0.552 bits per heavy atom. The van der Waals surface area contributed by atoms with E-state index in [-0.39, 0.29) is 44.1 Å². The molecule has 67 heavy (non-hydrogen) atoms. The molecular formula is C54H66O12Si. The van der Waals surface area contributed by atoms with Gasteiger partial charge in [-0.2, -0.15) is 0 Å². The molecule has 8 rings (SSSR count). The third-order valence-electron chi connectivity index (χ3n) is 13.1. The first-order valence-corrected chi connectivity index (χ1v) is 25.6. The van der Waals surface area contributed by atoms with Gasteiger partial charge in [0.2, 0.25) is 8.32 Å². The third kappa shape index (κ3) is 11.8. The Morgan fingerprint density at radius 3 is 1.58 bits per heavy atom. The average molecular weight is 935 g/mol. The molecule has 0 saturated carbocycles. The van der Waals surface area contributed by atoms with Gasteiger partial charge in [0.05, 0.1) is 39.6 Å². The van der Waals surface area contributed by atoms with E-state index in [9.17, 15) is 9.90 Å². The van der Waals surface area contributed by atoms with Crippen molar-refractivity contribution in [3.63, 3.8) is 0 Å². The van der Waals surface area contributed by atoms with Gasteiger partial charge in [-0.3, -0.25) is 0 Å². The Bertz CT molecular complexity index is 2210. The third-order valence-corrected chi connectivity index (χ3v) is 17.9. The van der Waals surface area contributed by atoms with Crippen molar-refractivity contribution in [2.45, 2.75) is 133 Å². The van der Waals surface area contributed by atoms with E-state index < -0.39 is 82.6 Å². The molecule has 12 nitrogen and oxygen atoms in total. The van der Waals surface area contributed by atoms with Crippen molar-refractivity contribution in [3.8, 4) is 0 Å². The second-order valence-corrected chi connectivity index (χ2v) is 22.7. The second kappa shape index (κ2) is 23.4. The summed E-state index contributed by atoms with van der Waals surface area (Å²) in [6.07, 6.45) is -9.21. The van der Waals surface area contributed by atoms with E-state index in [1.807, 2.05) is 140 Å². The first-order chi connectivity index (χ1) is 32.7. The maximum atomic E-state index is 12.1. The van der Waals surface area contributed by atoms with Crippen LogP contribution in [0.15, 0.2) is 146 Å². The number of aliphatic hydroxyl groups excluding tert-OH is 1. The lowest BCUT2D eigenvalue weighted by atomic mass is 9.95. The fraction of sp³-hybridized carbons (Fsp3) is 0.444. The summed E-state index contributed by atoms with van der Waals surface area (Å²) >= 11 is 0. The largest absolute Gasteiger partial charge is 0.427 e. The van der Waals surface area contributed by atoms with Crippen LogP contribution in [-0.4, -0.2) is 100.0 Å². The molecule has 11 atom stereocenters. The van der Waals surface area contributed by atoms with E-state index in [1.165, 1.54) is 0 Å². The Kier molecular flexibility index (Phi) is 17.2. The van der Waals surface area contributed by atoms with Crippen LogP contribution in [-0.2, 0) is 73.8 Å². The Balaban J connectivity index is 1.16. The van der Waals surface area contributed by atoms with Crippen LogP contribution < -0.4 is 5.19 Å². The van der Waals surface area contributed by atoms with Crippen LogP contribution in [0.4, 0.5) is 0 Å². The van der Waals surface area contributed by atoms with Gasteiger partial charge in [0.25, 0.3) is 0 Å². The molecule has 3 saturated heterocycles. The molecule has 2 N–H and O–H groups in total. The van der Waals surface area contributed by atoms with Crippen molar-refractivity contribution < 1.29 is 57.3 Å². The summed E-state index contributed by atoms with van der Waals surface area (Å²) in [6, 6.07) is 47.5. The molecule has 5 aromatic carbocycles. The predicted molar refractivity (Wildman–Crippen MR) is 254 cm³/mol. The lowest BCUT2D eigenvalue weighted by Crippen LogP contribution is -2.67. The summed E-state index contributed by atoms with van der Waals surface area (Å²) in [5.41, 5.74) is 4.80. The zero-order chi connectivity index (χ0) is 46.8. The minimum atomic E-state index is -2.86. The molecule has 3 heterocycles. The van der Waals surface area contributed by atoms with E-state index in [1.54, 1.807) is 7.11 Å². The topological polar surface area (TPSA) is 133 Å². The molecule has 5 aromatic rings. The molecule has 3 aliphatic heterocycles. The van der Waals surface area contributed by atoms with E-state index >= 15 is 0 Å². The molecule has 0 spiro atoms.